The molecule has 146 valence electrons. The van der Waals surface area contributed by atoms with E-state index in [9.17, 15) is 13.2 Å². The number of methoxy groups -OCH3 is 2. The number of hydrogen-bond acceptors (Lipinski definition) is 5. The molecule has 1 fully saturated rings. The van der Waals surface area contributed by atoms with E-state index in [4.69, 9.17) is 9.47 Å². The molecular formula is C17H27N3O5S. The Kier molecular flexibility index (Phi) is 6.85. The molecule has 0 radical (unpaired) electrons. The highest BCUT2D eigenvalue weighted by Crippen LogP contribution is 2.26. The normalized spacial score (nSPS) is 17.5. The first-order valence-electron chi connectivity index (χ1n) is 8.43. The molecule has 1 saturated heterocycles. The fraction of sp³-hybridized carbons (Fsp3) is 0.588. The first-order chi connectivity index (χ1) is 12.3. The Morgan fingerprint density at radius 2 is 1.77 bits per heavy atom. The largest absolute Gasteiger partial charge is 0.497 e. The number of nitrogens with one attached hydrogen (secondary N) is 2. The highest BCUT2D eigenvalue weighted by molar-refractivity contribution is 7.88. The predicted molar refractivity (Wildman–Crippen MR) is 98.6 cm³/mol. The summed E-state index contributed by atoms with van der Waals surface area (Å²) in [6.07, 6.45) is 2.28. The summed E-state index contributed by atoms with van der Waals surface area (Å²) in [5.74, 6) is 0.765. The van der Waals surface area contributed by atoms with Crippen molar-refractivity contribution in [1.82, 2.24) is 14.9 Å². The van der Waals surface area contributed by atoms with Gasteiger partial charge in [0.1, 0.15) is 5.75 Å². The highest BCUT2D eigenvalue weighted by atomic mass is 32.2. The number of ether oxygens (including phenoxy) is 2. The molecule has 2 amide bonds. The Balaban J connectivity index is 1.79. The summed E-state index contributed by atoms with van der Waals surface area (Å²) in [4.78, 5) is 12.1. The third-order valence-corrected chi connectivity index (χ3v) is 6.02. The van der Waals surface area contributed by atoms with Gasteiger partial charge in [-0.1, -0.05) is 12.1 Å². The third kappa shape index (κ3) is 5.58. The molecule has 0 unspecified atom stereocenters. The van der Waals surface area contributed by atoms with E-state index in [1.54, 1.807) is 14.2 Å². The summed E-state index contributed by atoms with van der Waals surface area (Å²) < 4.78 is 35.4. The summed E-state index contributed by atoms with van der Waals surface area (Å²) in [5, 5.41) is 5.62. The number of sulfonamides is 1. The molecule has 1 aromatic carbocycles. The Morgan fingerprint density at radius 1 is 1.15 bits per heavy atom. The van der Waals surface area contributed by atoms with Crippen LogP contribution in [0, 0.1) is 0 Å². The Bertz CT molecular complexity index is 698. The monoisotopic (exact) mass is 385 g/mol. The maximum absolute atomic E-state index is 12.1. The van der Waals surface area contributed by atoms with Gasteiger partial charge in [0.25, 0.3) is 0 Å². The topological polar surface area (TPSA) is 97.0 Å². The molecule has 1 aromatic rings. The second-order valence-electron chi connectivity index (χ2n) is 6.43. The third-order valence-electron chi connectivity index (χ3n) is 4.72. The number of nitrogens with zero attached hydrogens (tertiary/aromatic N) is 1. The van der Waals surface area contributed by atoms with Crippen LogP contribution >= 0.6 is 0 Å². The molecule has 0 bridgehead atoms. The molecule has 0 aliphatic carbocycles. The van der Waals surface area contributed by atoms with Crippen LogP contribution in [-0.4, -0.2) is 64.5 Å². The SMILES string of the molecule is COc1ccc(CNC(=O)NCC2(OC)CCN(S(C)(=O)=O)CC2)cc1. The van der Waals surface area contributed by atoms with E-state index in [1.165, 1.54) is 10.6 Å². The highest BCUT2D eigenvalue weighted by Gasteiger charge is 2.37. The van der Waals surface area contributed by atoms with Gasteiger partial charge in [0.15, 0.2) is 0 Å². The van der Waals surface area contributed by atoms with E-state index in [0.717, 1.165) is 11.3 Å². The van der Waals surface area contributed by atoms with Crippen molar-refractivity contribution in [3.63, 3.8) is 0 Å². The van der Waals surface area contributed by atoms with Crippen LogP contribution in [0.3, 0.4) is 0 Å². The number of benzene rings is 1. The van der Waals surface area contributed by atoms with Crippen molar-refractivity contribution in [2.24, 2.45) is 0 Å². The minimum absolute atomic E-state index is 0.289. The van der Waals surface area contributed by atoms with E-state index in [-0.39, 0.29) is 6.03 Å². The molecule has 2 rings (SSSR count). The number of urea groups is 1. The van der Waals surface area contributed by atoms with Gasteiger partial charge in [0.05, 0.1) is 19.0 Å². The molecule has 8 nitrogen and oxygen atoms in total. The summed E-state index contributed by atoms with van der Waals surface area (Å²) in [6, 6.07) is 7.16. The van der Waals surface area contributed by atoms with Gasteiger partial charge in [-0.2, -0.15) is 0 Å². The first-order valence-corrected chi connectivity index (χ1v) is 10.3. The minimum atomic E-state index is -3.19. The Labute approximate surface area is 154 Å². The number of hydrogen-bond donors (Lipinski definition) is 2. The van der Waals surface area contributed by atoms with Crippen molar-refractivity contribution in [3.05, 3.63) is 29.8 Å². The lowest BCUT2D eigenvalue weighted by Gasteiger charge is -2.39. The lowest BCUT2D eigenvalue weighted by atomic mass is 9.92. The molecular weight excluding hydrogens is 358 g/mol. The molecule has 0 atom stereocenters. The summed E-state index contributed by atoms with van der Waals surface area (Å²) >= 11 is 0. The van der Waals surface area contributed by atoms with Crippen molar-refractivity contribution in [1.29, 1.82) is 0 Å². The van der Waals surface area contributed by atoms with Crippen LogP contribution in [0.2, 0.25) is 0 Å². The van der Waals surface area contributed by atoms with Crippen LogP contribution in [0.4, 0.5) is 4.79 Å². The van der Waals surface area contributed by atoms with Gasteiger partial charge in [0.2, 0.25) is 10.0 Å². The second-order valence-corrected chi connectivity index (χ2v) is 8.42. The van der Waals surface area contributed by atoms with E-state index in [0.29, 0.717) is 39.0 Å². The van der Waals surface area contributed by atoms with Gasteiger partial charge in [-0.25, -0.2) is 17.5 Å². The zero-order valence-electron chi connectivity index (χ0n) is 15.4. The summed E-state index contributed by atoms with van der Waals surface area (Å²) in [5.41, 5.74) is 0.419. The molecule has 0 spiro atoms. The number of rotatable bonds is 7. The van der Waals surface area contributed by atoms with E-state index >= 15 is 0 Å². The van der Waals surface area contributed by atoms with Crippen molar-refractivity contribution in [2.45, 2.75) is 25.0 Å². The molecule has 26 heavy (non-hydrogen) atoms. The van der Waals surface area contributed by atoms with Crippen LogP contribution < -0.4 is 15.4 Å². The van der Waals surface area contributed by atoms with Crippen LogP contribution in [-0.2, 0) is 21.3 Å². The molecule has 1 heterocycles. The Hall–Kier alpha value is -1.84. The standard InChI is InChI=1S/C17H27N3O5S/c1-24-15-6-4-14(5-7-15)12-18-16(21)19-13-17(25-2)8-10-20(11-9-17)26(3,22)23/h4-7H,8-13H2,1-3H3,(H2,18,19,21). The minimum Gasteiger partial charge on any atom is -0.497 e. The lowest BCUT2D eigenvalue weighted by molar-refractivity contribution is -0.0417. The molecule has 1 aliphatic heterocycles. The number of amides is 2. The van der Waals surface area contributed by atoms with E-state index in [2.05, 4.69) is 10.6 Å². The first kappa shape index (κ1) is 20.5. The molecule has 0 saturated carbocycles. The zero-order chi connectivity index (χ0) is 19.2. The molecule has 0 aromatic heterocycles. The number of piperidine rings is 1. The number of carbonyl (C=O) groups is 1. The molecule has 1 aliphatic rings. The lowest BCUT2D eigenvalue weighted by Crippen LogP contribution is -2.54. The quantitative estimate of drug-likeness (QED) is 0.728. The zero-order valence-corrected chi connectivity index (χ0v) is 16.3. The van der Waals surface area contributed by atoms with Gasteiger partial charge in [-0.15, -0.1) is 0 Å². The van der Waals surface area contributed by atoms with Crippen LogP contribution in [0.1, 0.15) is 18.4 Å². The average molecular weight is 385 g/mol. The van der Waals surface area contributed by atoms with Crippen molar-refractivity contribution in [2.75, 3.05) is 40.1 Å². The summed E-state index contributed by atoms with van der Waals surface area (Å²) in [6.45, 7) is 1.51. The van der Waals surface area contributed by atoms with Crippen LogP contribution in [0.25, 0.3) is 0 Å². The van der Waals surface area contributed by atoms with Crippen molar-refractivity contribution < 1.29 is 22.7 Å². The second kappa shape index (κ2) is 8.70. The van der Waals surface area contributed by atoms with Gasteiger partial charge in [-0.3, -0.25) is 0 Å². The summed E-state index contributed by atoms with van der Waals surface area (Å²) in [7, 11) is 0.00350. The van der Waals surface area contributed by atoms with E-state index in [1.807, 2.05) is 24.3 Å². The number of carbonyl (C=O) groups excluding carboxylic acids is 1. The maximum atomic E-state index is 12.1. The van der Waals surface area contributed by atoms with Crippen molar-refractivity contribution >= 4 is 16.1 Å². The molecule has 9 heteroatoms. The van der Waals surface area contributed by atoms with Crippen molar-refractivity contribution in [3.8, 4) is 5.75 Å². The van der Waals surface area contributed by atoms with Gasteiger partial charge in [-0.05, 0) is 30.5 Å². The maximum Gasteiger partial charge on any atom is 0.315 e. The van der Waals surface area contributed by atoms with Gasteiger partial charge >= 0.3 is 6.03 Å². The fourth-order valence-electron chi connectivity index (χ4n) is 2.91. The van der Waals surface area contributed by atoms with Crippen LogP contribution in [0.15, 0.2) is 24.3 Å². The fourth-order valence-corrected chi connectivity index (χ4v) is 3.75. The predicted octanol–water partition coefficient (Wildman–Crippen LogP) is 0.935. The Morgan fingerprint density at radius 3 is 2.27 bits per heavy atom. The van der Waals surface area contributed by atoms with E-state index < -0.39 is 15.6 Å². The van der Waals surface area contributed by atoms with Crippen LogP contribution in [0.5, 0.6) is 5.75 Å². The molecule has 2 N–H and O–H groups in total. The van der Waals surface area contributed by atoms with Gasteiger partial charge in [0, 0.05) is 33.3 Å². The van der Waals surface area contributed by atoms with Gasteiger partial charge < -0.3 is 20.1 Å². The average Bonchev–Trinajstić information content (AvgIpc) is 2.64. The smallest absolute Gasteiger partial charge is 0.315 e.